The summed E-state index contributed by atoms with van der Waals surface area (Å²) in [4.78, 5) is 0. The highest BCUT2D eigenvalue weighted by atomic mass is 16.7. The van der Waals surface area contributed by atoms with Crippen molar-refractivity contribution in [3.8, 4) is 0 Å². The molecule has 1 aliphatic heterocycles. The maximum Gasteiger partial charge on any atom is 0.157 e. The zero-order valence-electron chi connectivity index (χ0n) is 8.91. The molecule has 1 saturated heterocycles. The SMILES string of the molecule is OCCCCCCOC1CCCCO1. The summed E-state index contributed by atoms with van der Waals surface area (Å²) in [5.74, 6) is 0. The van der Waals surface area contributed by atoms with E-state index in [0.717, 1.165) is 45.3 Å². The predicted molar refractivity (Wildman–Crippen MR) is 55.1 cm³/mol. The van der Waals surface area contributed by atoms with Crippen molar-refractivity contribution in [1.82, 2.24) is 0 Å². The van der Waals surface area contributed by atoms with E-state index in [1.807, 2.05) is 0 Å². The summed E-state index contributed by atoms with van der Waals surface area (Å²) in [6.07, 6.45) is 7.77. The summed E-state index contributed by atoms with van der Waals surface area (Å²) in [5, 5.41) is 8.58. The molecule has 0 amide bonds. The van der Waals surface area contributed by atoms with Gasteiger partial charge < -0.3 is 14.6 Å². The Balaban J connectivity index is 1.82. The van der Waals surface area contributed by atoms with Gasteiger partial charge in [-0.25, -0.2) is 0 Å². The van der Waals surface area contributed by atoms with Gasteiger partial charge in [-0.3, -0.25) is 0 Å². The second-order valence-corrected chi connectivity index (χ2v) is 3.80. The van der Waals surface area contributed by atoms with Gasteiger partial charge in [-0.05, 0) is 32.1 Å². The highest BCUT2D eigenvalue weighted by Gasteiger charge is 2.12. The minimum atomic E-state index is 0.0570. The second kappa shape index (κ2) is 8.21. The Labute approximate surface area is 86.4 Å². The molecule has 1 aliphatic rings. The fraction of sp³-hybridized carbons (Fsp3) is 1.00. The van der Waals surface area contributed by atoms with E-state index in [0.29, 0.717) is 6.61 Å². The molecule has 0 aromatic carbocycles. The minimum Gasteiger partial charge on any atom is -0.396 e. The molecule has 0 aromatic rings. The first-order valence-corrected chi connectivity index (χ1v) is 5.77. The van der Waals surface area contributed by atoms with E-state index < -0.39 is 0 Å². The van der Waals surface area contributed by atoms with Crippen LogP contribution in [0.4, 0.5) is 0 Å². The van der Waals surface area contributed by atoms with Crippen molar-refractivity contribution in [1.29, 1.82) is 0 Å². The molecular weight excluding hydrogens is 180 g/mol. The lowest BCUT2D eigenvalue weighted by Crippen LogP contribution is -2.22. The average Bonchev–Trinajstić information content (AvgIpc) is 2.25. The zero-order valence-corrected chi connectivity index (χ0v) is 8.91. The third kappa shape index (κ3) is 5.58. The number of aliphatic hydroxyl groups is 1. The Hall–Kier alpha value is -0.120. The van der Waals surface area contributed by atoms with Crippen LogP contribution in [0.1, 0.15) is 44.9 Å². The molecule has 3 nitrogen and oxygen atoms in total. The standard InChI is InChI=1S/C11H22O3/c12-8-4-1-2-5-9-13-11-7-3-6-10-14-11/h11-12H,1-10H2. The fourth-order valence-corrected chi connectivity index (χ4v) is 1.62. The van der Waals surface area contributed by atoms with Crippen molar-refractivity contribution in [3.63, 3.8) is 0 Å². The van der Waals surface area contributed by atoms with Crippen LogP contribution in [0, 0.1) is 0 Å². The van der Waals surface area contributed by atoms with Gasteiger partial charge in [0.2, 0.25) is 0 Å². The summed E-state index contributed by atoms with van der Waals surface area (Å²) in [5.41, 5.74) is 0. The Kier molecular flexibility index (Phi) is 7.01. The maximum absolute atomic E-state index is 8.58. The molecule has 0 radical (unpaired) electrons. The second-order valence-electron chi connectivity index (χ2n) is 3.80. The minimum absolute atomic E-state index is 0.0570. The molecule has 0 saturated carbocycles. The molecule has 0 bridgehead atoms. The summed E-state index contributed by atoms with van der Waals surface area (Å²) < 4.78 is 11.0. The quantitative estimate of drug-likeness (QED) is 0.642. The van der Waals surface area contributed by atoms with E-state index >= 15 is 0 Å². The van der Waals surface area contributed by atoms with Crippen molar-refractivity contribution in [3.05, 3.63) is 0 Å². The van der Waals surface area contributed by atoms with E-state index in [-0.39, 0.29) is 6.29 Å². The topological polar surface area (TPSA) is 38.7 Å². The van der Waals surface area contributed by atoms with Crippen molar-refractivity contribution >= 4 is 0 Å². The van der Waals surface area contributed by atoms with Crippen LogP contribution in [0.15, 0.2) is 0 Å². The van der Waals surface area contributed by atoms with Crippen LogP contribution < -0.4 is 0 Å². The summed E-state index contributed by atoms with van der Waals surface area (Å²) in [7, 11) is 0. The zero-order chi connectivity index (χ0) is 10.1. The Morgan fingerprint density at radius 2 is 2.00 bits per heavy atom. The lowest BCUT2D eigenvalue weighted by atomic mass is 10.2. The van der Waals surface area contributed by atoms with E-state index in [9.17, 15) is 0 Å². The molecule has 1 atom stereocenters. The molecule has 0 aliphatic carbocycles. The normalized spacial score (nSPS) is 22.5. The van der Waals surface area contributed by atoms with Gasteiger partial charge in [0.1, 0.15) is 0 Å². The third-order valence-electron chi connectivity index (χ3n) is 2.49. The van der Waals surface area contributed by atoms with Gasteiger partial charge in [-0.2, -0.15) is 0 Å². The largest absolute Gasteiger partial charge is 0.396 e. The van der Waals surface area contributed by atoms with Crippen LogP contribution in [-0.2, 0) is 9.47 Å². The van der Waals surface area contributed by atoms with Gasteiger partial charge in [0, 0.05) is 19.8 Å². The molecule has 1 N–H and O–H groups in total. The van der Waals surface area contributed by atoms with E-state index in [1.165, 1.54) is 12.8 Å². The molecule has 1 unspecified atom stereocenters. The van der Waals surface area contributed by atoms with Crippen LogP contribution >= 0.6 is 0 Å². The third-order valence-corrected chi connectivity index (χ3v) is 2.49. The molecule has 1 fully saturated rings. The number of hydrogen-bond acceptors (Lipinski definition) is 3. The molecule has 14 heavy (non-hydrogen) atoms. The van der Waals surface area contributed by atoms with E-state index in [2.05, 4.69) is 0 Å². The lowest BCUT2D eigenvalue weighted by Gasteiger charge is -2.22. The Morgan fingerprint density at radius 1 is 1.14 bits per heavy atom. The van der Waals surface area contributed by atoms with Gasteiger partial charge in [0.15, 0.2) is 6.29 Å². The number of ether oxygens (including phenoxy) is 2. The van der Waals surface area contributed by atoms with Crippen LogP contribution in [0.3, 0.4) is 0 Å². The van der Waals surface area contributed by atoms with Crippen LogP contribution in [0.2, 0.25) is 0 Å². The first kappa shape index (κ1) is 12.0. The van der Waals surface area contributed by atoms with Crippen LogP contribution in [-0.4, -0.2) is 31.2 Å². The van der Waals surface area contributed by atoms with Gasteiger partial charge in [-0.15, -0.1) is 0 Å². The van der Waals surface area contributed by atoms with Gasteiger partial charge in [-0.1, -0.05) is 12.8 Å². The predicted octanol–water partition coefficient (Wildman–Crippen LogP) is 2.08. The lowest BCUT2D eigenvalue weighted by molar-refractivity contribution is -0.162. The molecule has 0 aromatic heterocycles. The molecule has 1 heterocycles. The highest BCUT2D eigenvalue weighted by molar-refractivity contribution is 4.54. The summed E-state index contributed by atoms with van der Waals surface area (Å²) >= 11 is 0. The number of hydrogen-bond donors (Lipinski definition) is 1. The molecule has 1 rings (SSSR count). The van der Waals surface area contributed by atoms with E-state index in [1.54, 1.807) is 0 Å². The molecule has 84 valence electrons. The summed E-state index contributed by atoms with van der Waals surface area (Å²) in [6.45, 7) is 1.97. The average molecular weight is 202 g/mol. The fourth-order valence-electron chi connectivity index (χ4n) is 1.62. The molecule has 0 spiro atoms. The smallest absolute Gasteiger partial charge is 0.157 e. The van der Waals surface area contributed by atoms with Gasteiger partial charge >= 0.3 is 0 Å². The maximum atomic E-state index is 8.58. The highest BCUT2D eigenvalue weighted by Crippen LogP contribution is 2.14. The number of unbranched alkanes of at least 4 members (excludes halogenated alkanes) is 3. The monoisotopic (exact) mass is 202 g/mol. The van der Waals surface area contributed by atoms with Gasteiger partial charge in [0.05, 0.1) is 0 Å². The van der Waals surface area contributed by atoms with Crippen molar-refractivity contribution in [2.75, 3.05) is 19.8 Å². The Morgan fingerprint density at radius 3 is 2.71 bits per heavy atom. The molecule has 3 heteroatoms. The van der Waals surface area contributed by atoms with Gasteiger partial charge in [0.25, 0.3) is 0 Å². The van der Waals surface area contributed by atoms with Crippen molar-refractivity contribution in [2.24, 2.45) is 0 Å². The van der Waals surface area contributed by atoms with E-state index in [4.69, 9.17) is 14.6 Å². The first-order chi connectivity index (χ1) is 6.93. The Bertz CT molecular complexity index is 122. The number of rotatable bonds is 7. The van der Waals surface area contributed by atoms with Crippen molar-refractivity contribution in [2.45, 2.75) is 51.2 Å². The number of aliphatic hydroxyl groups excluding tert-OH is 1. The van der Waals surface area contributed by atoms with Crippen LogP contribution in [0.5, 0.6) is 0 Å². The molecular formula is C11H22O3. The first-order valence-electron chi connectivity index (χ1n) is 5.77. The van der Waals surface area contributed by atoms with Crippen molar-refractivity contribution < 1.29 is 14.6 Å². The summed E-state index contributed by atoms with van der Waals surface area (Å²) in [6, 6.07) is 0. The van der Waals surface area contributed by atoms with Crippen LogP contribution in [0.25, 0.3) is 0 Å².